The van der Waals surface area contributed by atoms with Crippen molar-refractivity contribution in [2.45, 2.75) is 6.92 Å². The number of ether oxygens (including phenoxy) is 2. The highest BCUT2D eigenvalue weighted by atomic mass is 127. The molecule has 0 saturated carbocycles. The van der Waals surface area contributed by atoms with Crippen molar-refractivity contribution in [3.05, 3.63) is 57.0 Å². The van der Waals surface area contributed by atoms with Crippen LogP contribution in [0.2, 0.25) is 0 Å². The SMILES string of the molecule is CCOc1cc(/C=C2/NC(=O)N(C)C2=O)cc(I)c1OCC(=O)Nc1ccc(F)cc1. The molecule has 0 atom stereocenters. The van der Waals surface area contributed by atoms with E-state index < -0.39 is 23.7 Å². The number of urea groups is 1. The van der Waals surface area contributed by atoms with E-state index in [1.807, 2.05) is 22.6 Å². The highest BCUT2D eigenvalue weighted by Crippen LogP contribution is 2.35. The molecule has 1 aliphatic heterocycles. The van der Waals surface area contributed by atoms with Crippen molar-refractivity contribution in [2.24, 2.45) is 0 Å². The maximum absolute atomic E-state index is 13.0. The van der Waals surface area contributed by atoms with Crippen LogP contribution < -0.4 is 20.1 Å². The molecule has 1 heterocycles. The molecule has 0 bridgehead atoms. The summed E-state index contributed by atoms with van der Waals surface area (Å²) < 4.78 is 24.9. The molecule has 1 aliphatic rings. The third kappa shape index (κ3) is 5.51. The first-order chi connectivity index (χ1) is 14.8. The summed E-state index contributed by atoms with van der Waals surface area (Å²) in [6.45, 7) is 1.87. The van der Waals surface area contributed by atoms with Crippen molar-refractivity contribution in [3.8, 4) is 11.5 Å². The first-order valence-electron chi connectivity index (χ1n) is 9.23. The van der Waals surface area contributed by atoms with Crippen LogP contribution in [0, 0.1) is 9.39 Å². The minimum Gasteiger partial charge on any atom is -0.490 e. The van der Waals surface area contributed by atoms with Gasteiger partial charge in [-0.1, -0.05) is 0 Å². The molecule has 31 heavy (non-hydrogen) atoms. The van der Waals surface area contributed by atoms with Crippen LogP contribution in [0.3, 0.4) is 0 Å². The first-order valence-corrected chi connectivity index (χ1v) is 10.3. The minimum atomic E-state index is -0.497. The Labute approximate surface area is 191 Å². The zero-order chi connectivity index (χ0) is 22.5. The number of hydrogen-bond acceptors (Lipinski definition) is 5. The molecule has 0 radical (unpaired) electrons. The molecule has 2 aromatic carbocycles. The quantitative estimate of drug-likeness (QED) is 0.320. The number of rotatable bonds is 7. The van der Waals surface area contributed by atoms with Gasteiger partial charge in [-0.05, 0) is 77.6 Å². The maximum atomic E-state index is 13.0. The molecular weight excluding hydrogens is 520 g/mol. The number of nitrogens with zero attached hydrogens (tertiary/aromatic N) is 1. The lowest BCUT2D eigenvalue weighted by molar-refractivity contribution is -0.122. The van der Waals surface area contributed by atoms with Crippen molar-refractivity contribution in [1.82, 2.24) is 10.2 Å². The van der Waals surface area contributed by atoms with Gasteiger partial charge >= 0.3 is 6.03 Å². The van der Waals surface area contributed by atoms with Crippen molar-refractivity contribution in [2.75, 3.05) is 25.6 Å². The summed E-state index contributed by atoms with van der Waals surface area (Å²) in [5.41, 5.74) is 1.22. The number of benzene rings is 2. The van der Waals surface area contributed by atoms with Gasteiger partial charge in [-0.3, -0.25) is 14.5 Å². The molecule has 0 aliphatic carbocycles. The van der Waals surface area contributed by atoms with Crippen LogP contribution in [0.25, 0.3) is 6.08 Å². The Morgan fingerprint density at radius 2 is 1.94 bits per heavy atom. The summed E-state index contributed by atoms with van der Waals surface area (Å²) >= 11 is 2.03. The van der Waals surface area contributed by atoms with E-state index in [1.165, 1.54) is 31.3 Å². The van der Waals surface area contributed by atoms with Gasteiger partial charge in [0.05, 0.1) is 10.2 Å². The summed E-state index contributed by atoms with van der Waals surface area (Å²) in [5.74, 6) is -0.487. The van der Waals surface area contributed by atoms with E-state index >= 15 is 0 Å². The van der Waals surface area contributed by atoms with Gasteiger partial charge in [-0.2, -0.15) is 0 Å². The second-order valence-electron chi connectivity index (χ2n) is 6.46. The van der Waals surface area contributed by atoms with Crippen LogP contribution in [-0.2, 0) is 9.59 Å². The minimum absolute atomic E-state index is 0.151. The van der Waals surface area contributed by atoms with E-state index in [9.17, 15) is 18.8 Å². The Morgan fingerprint density at radius 1 is 1.23 bits per heavy atom. The van der Waals surface area contributed by atoms with Crippen LogP contribution >= 0.6 is 22.6 Å². The first kappa shape index (κ1) is 22.5. The lowest BCUT2D eigenvalue weighted by Crippen LogP contribution is -2.25. The monoisotopic (exact) mass is 539 g/mol. The summed E-state index contributed by atoms with van der Waals surface area (Å²) in [6.07, 6.45) is 1.54. The Bertz CT molecular complexity index is 1060. The molecule has 0 spiro atoms. The fourth-order valence-electron chi connectivity index (χ4n) is 2.73. The largest absolute Gasteiger partial charge is 0.490 e. The summed E-state index contributed by atoms with van der Waals surface area (Å²) in [6, 6.07) is 8.29. The second-order valence-corrected chi connectivity index (χ2v) is 7.62. The van der Waals surface area contributed by atoms with Gasteiger partial charge in [0.25, 0.3) is 11.8 Å². The highest BCUT2D eigenvalue weighted by Gasteiger charge is 2.30. The van der Waals surface area contributed by atoms with Gasteiger partial charge in [-0.25, -0.2) is 9.18 Å². The van der Waals surface area contributed by atoms with Crippen LogP contribution in [0.15, 0.2) is 42.1 Å². The van der Waals surface area contributed by atoms with Crippen LogP contribution in [0.1, 0.15) is 12.5 Å². The number of carbonyl (C=O) groups excluding carboxylic acids is 3. The Balaban J connectivity index is 1.76. The number of imide groups is 1. The van der Waals surface area contributed by atoms with Gasteiger partial charge in [0.1, 0.15) is 11.5 Å². The predicted octanol–water partition coefficient (Wildman–Crippen LogP) is 3.37. The zero-order valence-corrected chi connectivity index (χ0v) is 18.9. The molecule has 10 heteroatoms. The fourth-order valence-corrected chi connectivity index (χ4v) is 3.51. The molecule has 1 fully saturated rings. The van der Waals surface area contributed by atoms with Crippen LogP contribution in [0.5, 0.6) is 11.5 Å². The number of amides is 4. The van der Waals surface area contributed by atoms with Gasteiger partial charge in [0.2, 0.25) is 0 Å². The third-order valence-electron chi connectivity index (χ3n) is 4.20. The Hall–Kier alpha value is -3.15. The molecular formula is C21H19FIN3O5. The van der Waals surface area contributed by atoms with Gasteiger partial charge in [0, 0.05) is 12.7 Å². The molecule has 162 valence electrons. The topological polar surface area (TPSA) is 97.0 Å². The van der Waals surface area contributed by atoms with E-state index in [4.69, 9.17) is 9.47 Å². The Kier molecular flexibility index (Phi) is 7.10. The molecule has 8 nitrogen and oxygen atoms in total. The number of likely N-dealkylation sites (N-methyl/N-ethyl adjacent to an activating group) is 1. The van der Waals surface area contributed by atoms with Gasteiger partial charge in [-0.15, -0.1) is 0 Å². The summed E-state index contributed by atoms with van der Waals surface area (Å²) in [4.78, 5) is 36.9. The fraction of sp³-hybridized carbons (Fsp3) is 0.190. The van der Waals surface area contributed by atoms with Crippen molar-refractivity contribution in [3.63, 3.8) is 0 Å². The molecule has 1 saturated heterocycles. The van der Waals surface area contributed by atoms with Gasteiger partial charge in [0.15, 0.2) is 18.1 Å². The average Bonchev–Trinajstić information content (AvgIpc) is 2.96. The normalized spacial score (nSPS) is 14.6. The highest BCUT2D eigenvalue weighted by molar-refractivity contribution is 14.1. The predicted molar refractivity (Wildman–Crippen MR) is 120 cm³/mol. The van der Waals surface area contributed by atoms with Crippen molar-refractivity contribution in [1.29, 1.82) is 0 Å². The summed E-state index contributed by atoms with van der Waals surface area (Å²) in [7, 11) is 1.39. The number of nitrogens with one attached hydrogen (secondary N) is 2. The van der Waals surface area contributed by atoms with Gasteiger partial charge < -0.3 is 20.1 Å². The lowest BCUT2D eigenvalue weighted by Gasteiger charge is -2.15. The van der Waals surface area contributed by atoms with E-state index in [-0.39, 0.29) is 12.3 Å². The number of carbonyl (C=O) groups is 3. The lowest BCUT2D eigenvalue weighted by atomic mass is 10.1. The molecule has 4 amide bonds. The maximum Gasteiger partial charge on any atom is 0.328 e. The number of anilines is 1. The molecule has 0 aromatic heterocycles. The average molecular weight is 539 g/mol. The number of hydrogen-bond donors (Lipinski definition) is 2. The molecule has 3 rings (SSSR count). The number of halogens is 2. The standard InChI is InChI=1S/C21H19FIN3O5/c1-3-30-17-10-12(9-16-20(28)26(2)21(29)25-16)8-15(23)19(17)31-11-18(27)24-14-6-4-13(22)5-7-14/h4-10H,3,11H2,1-2H3,(H,24,27)(H,25,29)/b16-9+. The third-order valence-corrected chi connectivity index (χ3v) is 5.00. The zero-order valence-electron chi connectivity index (χ0n) is 16.7. The second kappa shape index (κ2) is 9.77. The molecule has 0 unspecified atom stereocenters. The summed E-state index contributed by atoms with van der Waals surface area (Å²) in [5, 5.41) is 5.12. The molecule has 2 aromatic rings. The van der Waals surface area contributed by atoms with E-state index in [2.05, 4.69) is 10.6 Å². The van der Waals surface area contributed by atoms with E-state index in [1.54, 1.807) is 25.1 Å². The van der Waals surface area contributed by atoms with E-state index in [0.717, 1.165) is 4.90 Å². The van der Waals surface area contributed by atoms with Crippen molar-refractivity contribution >= 4 is 52.2 Å². The van der Waals surface area contributed by atoms with Crippen molar-refractivity contribution < 1.29 is 28.2 Å². The smallest absolute Gasteiger partial charge is 0.328 e. The Morgan fingerprint density at radius 3 is 2.55 bits per heavy atom. The van der Waals surface area contributed by atoms with E-state index in [0.29, 0.717) is 32.9 Å². The van der Waals surface area contributed by atoms with Crippen LogP contribution in [-0.4, -0.2) is 43.0 Å². The molecule has 2 N–H and O–H groups in total. The van der Waals surface area contributed by atoms with Crippen LogP contribution in [0.4, 0.5) is 14.9 Å².